The monoisotopic (exact) mass is 417 g/mol. The molecule has 1 fully saturated rings. The number of hydrogen-bond acceptors (Lipinski definition) is 5. The van der Waals surface area contributed by atoms with Crippen LogP contribution in [0.25, 0.3) is 11.3 Å². The Bertz CT molecular complexity index is 1000. The lowest BCUT2D eigenvalue weighted by atomic mass is 9.93. The first-order valence-electron chi connectivity index (χ1n) is 9.34. The van der Waals surface area contributed by atoms with Crippen LogP contribution in [0.2, 0.25) is 0 Å². The molecule has 1 aliphatic rings. The van der Waals surface area contributed by atoms with Gasteiger partial charge in [0.15, 0.2) is 0 Å². The van der Waals surface area contributed by atoms with Crippen LogP contribution in [0.3, 0.4) is 0 Å². The molecular weight excluding hydrogens is 399 g/mol. The fourth-order valence-corrected chi connectivity index (χ4v) is 3.45. The van der Waals surface area contributed by atoms with Gasteiger partial charge in [-0.3, -0.25) is 9.78 Å². The third-order valence-electron chi connectivity index (χ3n) is 4.88. The van der Waals surface area contributed by atoms with Crippen molar-refractivity contribution in [1.29, 1.82) is 0 Å². The van der Waals surface area contributed by atoms with E-state index in [1.54, 1.807) is 24.8 Å². The molecule has 2 aromatic heterocycles. The van der Waals surface area contributed by atoms with Crippen LogP contribution in [0.5, 0.6) is 5.75 Å². The number of nitrogens with zero attached hydrogens (tertiary/aromatic N) is 3. The van der Waals surface area contributed by atoms with Gasteiger partial charge >= 0.3 is 6.36 Å². The van der Waals surface area contributed by atoms with E-state index in [1.807, 2.05) is 6.07 Å². The Morgan fingerprint density at radius 3 is 2.57 bits per heavy atom. The van der Waals surface area contributed by atoms with Gasteiger partial charge in [-0.15, -0.1) is 13.2 Å². The summed E-state index contributed by atoms with van der Waals surface area (Å²) in [4.78, 5) is 19.6. The molecule has 156 valence electrons. The summed E-state index contributed by atoms with van der Waals surface area (Å²) in [7, 11) is 0. The molecule has 0 bridgehead atoms. The molecule has 1 aliphatic carbocycles. The molecule has 9 heteroatoms. The lowest BCUT2D eigenvalue weighted by Crippen LogP contribution is -2.17. The molecule has 1 unspecified atom stereocenters. The SMILES string of the molecule is O=COCC(c1ccc(OC(F)(F)F)cc1)c1c(-c2cccnc2)ncn1C1CC1. The van der Waals surface area contributed by atoms with Crippen molar-refractivity contribution in [2.45, 2.75) is 31.2 Å². The van der Waals surface area contributed by atoms with E-state index in [0.717, 1.165) is 24.1 Å². The van der Waals surface area contributed by atoms with Crippen LogP contribution in [0.1, 0.15) is 36.1 Å². The van der Waals surface area contributed by atoms with E-state index < -0.39 is 12.3 Å². The summed E-state index contributed by atoms with van der Waals surface area (Å²) in [5.41, 5.74) is 3.01. The van der Waals surface area contributed by atoms with E-state index in [2.05, 4.69) is 19.3 Å². The Morgan fingerprint density at radius 2 is 1.97 bits per heavy atom. The van der Waals surface area contributed by atoms with Crippen LogP contribution in [0, 0.1) is 0 Å². The third-order valence-corrected chi connectivity index (χ3v) is 4.88. The smallest absolute Gasteiger partial charge is 0.467 e. The Kier molecular flexibility index (Phi) is 5.43. The van der Waals surface area contributed by atoms with E-state index >= 15 is 0 Å². The van der Waals surface area contributed by atoms with Crippen molar-refractivity contribution in [3.05, 3.63) is 66.4 Å². The van der Waals surface area contributed by atoms with Gasteiger partial charge in [0, 0.05) is 24.0 Å². The molecule has 2 heterocycles. The quantitative estimate of drug-likeness (QED) is 0.506. The van der Waals surface area contributed by atoms with Crippen LogP contribution in [0.15, 0.2) is 55.1 Å². The number of imidazole rings is 1. The normalized spacial score (nSPS) is 14.9. The standard InChI is InChI=1S/C21H18F3N3O3/c22-21(23,24)30-17-7-3-14(4-8-17)18(11-29-13-28)20-19(15-2-1-9-25-10-15)26-12-27(20)16-5-6-16/h1-4,7-10,12-13,16,18H,5-6,11H2. The van der Waals surface area contributed by atoms with Gasteiger partial charge in [-0.2, -0.15) is 0 Å². The summed E-state index contributed by atoms with van der Waals surface area (Å²) < 4.78 is 48.5. The molecule has 30 heavy (non-hydrogen) atoms. The minimum atomic E-state index is -4.76. The second-order valence-electron chi connectivity index (χ2n) is 6.96. The fraction of sp³-hybridized carbons (Fsp3) is 0.286. The maximum atomic E-state index is 12.5. The molecule has 0 spiro atoms. The molecule has 0 saturated heterocycles. The average molecular weight is 417 g/mol. The van der Waals surface area contributed by atoms with Crippen LogP contribution in [-0.2, 0) is 9.53 Å². The highest BCUT2D eigenvalue weighted by molar-refractivity contribution is 5.63. The molecule has 0 aliphatic heterocycles. The lowest BCUT2D eigenvalue weighted by Gasteiger charge is -2.21. The van der Waals surface area contributed by atoms with Gasteiger partial charge in [-0.25, -0.2) is 4.98 Å². The number of hydrogen-bond donors (Lipinski definition) is 0. The van der Waals surface area contributed by atoms with Crippen molar-refractivity contribution < 1.29 is 27.4 Å². The van der Waals surface area contributed by atoms with Crippen LogP contribution in [-0.4, -0.2) is 34.0 Å². The number of aromatic nitrogens is 3. The highest BCUT2D eigenvalue weighted by Gasteiger charge is 2.33. The van der Waals surface area contributed by atoms with E-state index in [9.17, 15) is 18.0 Å². The molecule has 1 aromatic carbocycles. The summed E-state index contributed by atoms with van der Waals surface area (Å²) in [6.07, 6.45) is 2.36. The Hall–Kier alpha value is -3.36. The van der Waals surface area contributed by atoms with Gasteiger partial charge in [0.1, 0.15) is 12.4 Å². The minimum absolute atomic E-state index is 0.0225. The zero-order valence-corrected chi connectivity index (χ0v) is 15.7. The highest BCUT2D eigenvalue weighted by Crippen LogP contribution is 2.42. The average Bonchev–Trinajstić information content (AvgIpc) is 3.48. The maximum Gasteiger partial charge on any atom is 0.573 e. The summed E-state index contributed by atoms with van der Waals surface area (Å²) >= 11 is 0. The number of alkyl halides is 3. The van der Waals surface area contributed by atoms with Crippen molar-refractivity contribution in [3.63, 3.8) is 0 Å². The zero-order chi connectivity index (χ0) is 21.1. The van der Waals surface area contributed by atoms with E-state index in [4.69, 9.17) is 4.74 Å². The van der Waals surface area contributed by atoms with Gasteiger partial charge in [-0.1, -0.05) is 12.1 Å². The molecule has 0 amide bonds. The van der Waals surface area contributed by atoms with E-state index in [0.29, 0.717) is 23.8 Å². The van der Waals surface area contributed by atoms with Gasteiger partial charge in [0.05, 0.1) is 23.6 Å². The van der Waals surface area contributed by atoms with E-state index in [1.165, 1.54) is 24.3 Å². The van der Waals surface area contributed by atoms with Crippen LogP contribution >= 0.6 is 0 Å². The Labute approximate surface area is 170 Å². The van der Waals surface area contributed by atoms with Crippen molar-refractivity contribution >= 4 is 6.47 Å². The number of pyridine rings is 1. The number of benzene rings is 1. The highest BCUT2D eigenvalue weighted by atomic mass is 19.4. The maximum absolute atomic E-state index is 12.5. The van der Waals surface area contributed by atoms with Gasteiger partial charge in [0.25, 0.3) is 6.47 Å². The number of ether oxygens (including phenoxy) is 2. The van der Waals surface area contributed by atoms with Crippen molar-refractivity contribution in [3.8, 4) is 17.0 Å². The molecule has 4 rings (SSSR count). The van der Waals surface area contributed by atoms with Gasteiger partial charge in [0.2, 0.25) is 0 Å². The molecular formula is C21H18F3N3O3. The Balaban J connectivity index is 1.76. The number of rotatable bonds is 8. The topological polar surface area (TPSA) is 66.2 Å². The number of halogens is 3. The molecule has 0 radical (unpaired) electrons. The zero-order valence-electron chi connectivity index (χ0n) is 15.7. The Morgan fingerprint density at radius 1 is 1.20 bits per heavy atom. The summed E-state index contributed by atoms with van der Waals surface area (Å²) in [5, 5.41) is 0. The number of carbonyl (C=O) groups is 1. The van der Waals surface area contributed by atoms with Crippen molar-refractivity contribution in [1.82, 2.24) is 14.5 Å². The number of carbonyl (C=O) groups excluding carboxylic acids is 1. The molecule has 3 aromatic rings. The molecule has 1 saturated carbocycles. The van der Waals surface area contributed by atoms with Crippen LogP contribution in [0.4, 0.5) is 13.2 Å². The molecule has 1 atom stereocenters. The second kappa shape index (κ2) is 8.17. The van der Waals surface area contributed by atoms with Crippen molar-refractivity contribution in [2.75, 3.05) is 6.61 Å². The lowest BCUT2D eigenvalue weighted by molar-refractivity contribution is -0.274. The molecule has 6 nitrogen and oxygen atoms in total. The first-order valence-corrected chi connectivity index (χ1v) is 9.34. The summed E-state index contributed by atoms with van der Waals surface area (Å²) in [6, 6.07) is 9.55. The largest absolute Gasteiger partial charge is 0.573 e. The van der Waals surface area contributed by atoms with Gasteiger partial charge in [-0.05, 0) is 42.7 Å². The minimum Gasteiger partial charge on any atom is -0.467 e. The van der Waals surface area contributed by atoms with Crippen LogP contribution < -0.4 is 4.74 Å². The molecule has 0 N–H and O–H groups in total. The van der Waals surface area contributed by atoms with Crippen molar-refractivity contribution in [2.24, 2.45) is 0 Å². The predicted octanol–water partition coefficient (Wildman–Crippen LogP) is 4.48. The first kappa shape index (κ1) is 19.9. The third kappa shape index (κ3) is 4.45. The van der Waals surface area contributed by atoms with Gasteiger partial charge < -0.3 is 14.0 Å². The first-order chi connectivity index (χ1) is 14.5. The van der Waals surface area contributed by atoms with E-state index in [-0.39, 0.29) is 12.4 Å². The second-order valence-corrected chi connectivity index (χ2v) is 6.96. The summed E-state index contributed by atoms with van der Waals surface area (Å²) in [5.74, 6) is -0.738. The fourth-order valence-electron chi connectivity index (χ4n) is 3.45. The predicted molar refractivity (Wildman–Crippen MR) is 101 cm³/mol. The summed E-state index contributed by atoms with van der Waals surface area (Å²) in [6.45, 7) is 0.379.